The lowest BCUT2D eigenvalue weighted by atomic mass is 10.2. The lowest BCUT2D eigenvalue weighted by molar-refractivity contribution is -0.115. The van der Waals surface area contributed by atoms with Crippen LogP contribution >= 0.6 is 39.3 Å². The molecule has 3 aromatic rings. The summed E-state index contributed by atoms with van der Waals surface area (Å²) in [5, 5.41) is 3.87. The number of nitrogens with one attached hydrogen (secondary N) is 1. The van der Waals surface area contributed by atoms with Gasteiger partial charge in [0.05, 0.1) is 22.2 Å². The summed E-state index contributed by atoms with van der Waals surface area (Å²) in [5.41, 5.74) is 2.97. The number of nitrogens with zero attached hydrogens (tertiary/aromatic N) is 1. The predicted octanol–water partition coefficient (Wildman–Crippen LogP) is 7.03. The lowest BCUT2D eigenvalue weighted by Gasteiger charge is -2.14. The van der Waals surface area contributed by atoms with Gasteiger partial charge in [-0.05, 0) is 93.8 Å². The minimum absolute atomic E-state index is 0.175. The van der Waals surface area contributed by atoms with E-state index in [-0.39, 0.29) is 18.3 Å². The van der Waals surface area contributed by atoms with Crippen LogP contribution in [0.15, 0.2) is 69.0 Å². The number of halogens is 3. The molecule has 34 heavy (non-hydrogen) atoms. The first-order chi connectivity index (χ1) is 16.3. The molecular formula is C25H19BrClFN2O3S. The Bertz CT molecular complexity index is 1330. The number of hydrogen-bond donors (Lipinski definition) is 1. The van der Waals surface area contributed by atoms with Crippen LogP contribution in [0.5, 0.6) is 11.5 Å². The molecule has 1 aliphatic rings. The zero-order valence-electron chi connectivity index (χ0n) is 18.2. The molecule has 9 heteroatoms. The molecule has 3 aromatic carbocycles. The number of carbonyl (C=O) groups excluding carboxylic acids is 1. The molecule has 0 spiro atoms. The summed E-state index contributed by atoms with van der Waals surface area (Å²) in [4.78, 5) is 17.5. The fraction of sp³-hybridized carbons (Fsp3) is 0.120. The molecule has 0 unspecified atom stereocenters. The average molecular weight is 562 g/mol. The van der Waals surface area contributed by atoms with E-state index in [9.17, 15) is 9.18 Å². The summed E-state index contributed by atoms with van der Waals surface area (Å²) in [6.45, 7) is 2.05. The summed E-state index contributed by atoms with van der Waals surface area (Å²) >= 11 is 10.9. The zero-order chi connectivity index (χ0) is 24.2. The Hall–Kier alpha value is -2.81. The number of aliphatic imine (C=N–C) groups is 1. The van der Waals surface area contributed by atoms with Crippen molar-refractivity contribution in [3.05, 3.63) is 91.5 Å². The third-order valence-corrected chi connectivity index (χ3v) is 6.84. The van der Waals surface area contributed by atoms with Gasteiger partial charge < -0.3 is 14.8 Å². The number of ether oxygens (including phenoxy) is 2. The molecular weight excluding hydrogens is 543 g/mol. The molecule has 0 atom stereocenters. The van der Waals surface area contributed by atoms with Gasteiger partial charge in [0.1, 0.15) is 12.4 Å². The van der Waals surface area contributed by atoms with E-state index in [1.54, 1.807) is 30.3 Å². The fourth-order valence-electron chi connectivity index (χ4n) is 3.20. The van der Waals surface area contributed by atoms with Crippen LogP contribution in [-0.2, 0) is 11.4 Å². The van der Waals surface area contributed by atoms with Crippen LogP contribution in [0.4, 0.5) is 10.1 Å². The van der Waals surface area contributed by atoms with Gasteiger partial charge in [-0.3, -0.25) is 4.79 Å². The van der Waals surface area contributed by atoms with Gasteiger partial charge in [0, 0.05) is 5.02 Å². The Morgan fingerprint density at radius 3 is 2.76 bits per heavy atom. The van der Waals surface area contributed by atoms with Crippen molar-refractivity contribution < 1.29 is 18.7 Å². The van der Waals surface area contributed by atoms with Gasteiger partial charge >= 0.3 is 0 Å². The summed E-state index contributed by atoms with van der Waals surface area (Å²) in [6.07, 6.45) is 1.75. The molecule has 1 saturated heterocycles. The summed E-state index contributed by atoms with van der Waals surface area (Å²) < 4.78 is 25.4. The molecule has 1 heterocycles. The van der Waals surface area contributed by atoms with Crippen molar-refractivity contribution in [1.82, 2.24) is 5.32 Å². The number of amidine groups is 1. The molecule has 0 bridgehead atoms. The van der Waals surface area contributed by atoms with Crippen molar-refractivity contribution in [3.8, 4) is 11.5 Å². The van der Waals surface area contributed by atoms with Crippen LogP contribution in [0.2, 0.25) is 5.02 Å². The minimum Gasteiger partial charge on any atom is -0.493 e. The van der Waals surface area contributed by atoms with E-state index in [0.29, 0.717) is 42.3 Å². The second-order valence-electron chi connectivity index (χ2n) is 7.32. The van der Waals surface area contributed by atoms with E-state index in [1.807, 2.05) is 25.1 Å². The smallest absolute Gasteiger partial charge is 0.264 e. The van der Waals surface area contributed by atoms with Gasteiger partial charge in [-0.2, -0.15) is 0 Å². The van der Waals surface area contributed by atoms with Crippen molar-refractivity contribution in [2.45, 2.75) is 13.5 Å². The Kier molecular flexibility index (Phi) is 7.60. The van der Waals surface area contributed by atoms with E-state index in [4.69, 9.17) is 21.1 Å². The second-order valence-corrected chi connectivity index (χ2v) is 9.61. The highest BCUT2D eigenvalue weighted by Crippen LogP contribution is 2.39. The van der Waals surface area contributed by atoms with Gasteiger partial charge in [-0.15, -0.1) is 0 Å². The van der Waals surface area contributed by atoms with Crippen LogP contribution in [0.25, 0.3) is 6.08 Å². The number of benzene rings is 3. The summed E-state index contributed by atoms with van der Waals surface area (Å²) in [5.74, 6) is 0.389. The number of rotatable bonds is 6. The van der Waals surface area contributed by atoms with Gasteiger partial charge in [0.15, 0.2) is 16.7 Å². The fourth-order valence-corrected chi connectivity index (χ4v) is 4.78. The molecule has 0 saturated carbocycles. The van der Waals surface area contributed by atoms with E-state index in [2.05, 4.69) is 26.2 Å². The maximum atomic E-state index is 13.4. The lowest BCUT2D eigenvalue weighted by Crippen LogP contribution is -2.19. The monoisotopic (exact) mass is 560 g/mol. The topological polar surface area (TPSA) is 59.9 Å². The maximum absolute atomic E-state index is 13.4. The Labute approximate surface area is 214 Å². The standard InChI is InChI=1S/C25H19BrClFN2O3S/c1-14-19(27)7-4-8-20(14)29-25-30-24(31)22(34-25)12-16-10-18(26)23(21(11-16)32-2)33-13-15-5-3-6-17(28)9-15/h3-12H,13H2,1-2H3,(H,29,30,31)/b22-12+. The van der Waals surface area contributed by atoms with Crippen LogP contribution in [-0.4, -0.2) is 18.2 Å². The normalized spacial score (nSPS) is 15.6. The third-order valence-electron chi connectivity index (χ3n) is 4.93. The zero-order valence-corrected chi connectivity index (χ0v) is 21.4. The van der Waals surface area contributed by atoms with Gasteiger partial charge in [-0.25, -0.2) is 9.38 Å². The van der Waals surface area contributed by atoms with Crippen LogP contribution < -0.4 is 14.8 Å². The molecule has 1 amide bonds. The highest BCUT2D eigenvalue weighted by Gasteiger charge is 2.24. The minimum atomic E-state index is -0.324. The summed E-state index contributed by atoms with van der Waals surface area (Å²) in [6, 6.07) is 15.2. The number of amides is 1. The molecule has 1 fully saturated rings. The molecule has 0 radical (unpaired) electrons. The Balaban J connectivity index is 1.55. The van der Waals surface area contributed by atoms with Crippen molar-refractivity contribution in [2.24, 2.45) is 4.99 Å². The molecule has 0 aromatic heterocycles. The molecule has 1 aliphatic heterocycles. The third kappa shape index (κ3) is 5.63. The number of hydrogen-bond acceptors (Lipinski definition) is 5. The molecule has 174 valence electrons. The van der Waals surface area contributed by atoms with E-state index >= 15 is 0 Å². The first-order valence-electron chi connectivity index (χ1n) is 10.1. The van der Waals surface area contributed by atoms with Crippen LogP contribution in [0, 0.1) is 12.7 Å². The van der Waals surface area contributed by atoms with E-state index in [1.165, 1.54) is 31.0 Å². The summed E-state index contributed by atoms with van der Waals surface area (Å²) in [7, 11) is 1.53. The van der Waals surface area contributed by atoms with Crippen molar-refractivity contribution in [3.63, 3.8) is 0 Å². The average Bonchev–Trinajstić information content (AvgIpc) is 3.14. The predicted molar refractivity (Wildman–Crippen MR) is 138 cm³/mol. The highest BCUT2D eigenvalue weighted by molar-refractivity contribution is 9.10. The van der Waals surface area contributed by atoms with Crippen LogP contribution in [0.3, 0.4) is 0 Å². The molecule has 1 N–H and O–H groups in total. The Morgan fingerprint density at radius 2 is 2.00 bits per heavy atom. The number of carbonyl (C=O) groups is 1. The first-order valence-corrected chi connectivity index (χ1v) is 12.1. The second kappa shape index (κ2) is 10.6. The van der Waals surface area contributed by atoms with Crippen molar-refractivity contribution >= 4 is 62.1 Å². The van der Waals surface area contributed by atoms with Crippen molar-refractivity contribution in [2.75, 3.05) is 7.11 Å². The molecule has 0 aliphatic carbocycles. The molecule has 5 nitrogen and oxygen atoms in total. The Morgan fingerprint density at radius 1 is 1.21 bits per heavy atom. The maximum Gasteiger partial charge on any atom is 0.264 e. The quantitative estimate of drug-likeness (QED) is 0.328. The largest absolute Gasteiger partial charge is 0.493 e. The number of methoxy groups -OCH3 is 1. The highest BCUT2D eigenvalue weighted by atomic mass is 79.9. The van der Waals surface area contributed by atoms with Gasteiger partial charge in [0.25, 0.3) is 5.91 Å². The van der Waals surface area contributed by atoms with Crippen molar-refractivity contribution in [1.29, 1.82) is 0 Å². The van der Waals surface area contributed by atoms with Gasteiger partial charge in [-0.1, -0.05) is 29.8 Å². The van der Waals surface area contributed by atoms with Gasteiger partial charge in [0.2, 0.25) is 0 Å². The SMILES string of the molecule is COc1cc(/C=C2/SC(=Nc3cccc(Cl)c3C)NC2=O)cc(Br)c1OCc1cccc(F)c1. The van der Waals surface area contributed by atoms with E-state index in [0.717, 1.165) is 11.1 Å². The van der Waals surface area contributed by atoms with E-state index < -0.39 is 0 Å². The first kappa shape index (κ1) is 24.3. The van der Waals surface area contributed by atoms with Crippen LogP contribution in [0.1, 0.15) is 16.7 Å². The molecule has 4 rings (SSSR count). The number of thioether (sulfide) groups is 1.